The molecule has 0 aliphatic rings. The summed E-state index contributed by atoms with van der Waals surface area (Å²) in [5.74, 6) is 1.03. The normalized spacial score (nSPS) is 12.3. The highest BCUT2D eigenvalue weighted by molar-refractivity contribution is 5.37. The van der Waals surface area contributed by atoms with Crippen LogP contribution in [0.4, 0.5) is 11.9 Å². The van der Waals surface area contributed by atoms with Crippen molar-refractivity contribution in [3.8, 4) is 6.01 Å². The molecule has 1 aromatic rings. The van der Waals surface area contributed by atoms with Gasteiger partial charge >= 0.3 is 6.01 Å². The summed E-state index contributed by atoms with van der Waals surface area (Å²) in [7, 11) is 1.88. The summed E-state index contributed by atoms with van der Waals surface area (Å²) in [6.07, 6.45) is 0.306. The molecule has 1 atom stereocenters. The van der Waals surface area contributed by atoms with Gasteiger partial charge in [0.1, 0.15) is 0 Å². The van der Waals surface area contributed by atoms with Crippen molar-refractivity contribution in [3.05, 3.63) is 0 Å². The first-order valence-electron chi connectivity index (χ1n) is 6.98. The Morgan fingerprint density at radius 2 is 1.95 bits per heavy atom. The number of aliphatic hydroxyl groups excluding tert-OH is 1. The van der Waals surface area contributed by atoms with Crippen LogP contribution in [-0.4, -0.2) is 52.4 Å². The van der Waals surface area contributed by atoms with Crippen LogP contribution in [0.1, 0.15) is 34.1 Å². The third kappa shape index (κ3) is 5.56. The van der Waals surface area contributed by atoms with Gasteiger partial charge in [0.15, 0.2) is 0 Å². The van der Waals surface area contributed by atoms with Gasteiger partial charge in [0.05, 0.1) is 12.2 Å². The van der Waals surface area contributed by atoms with Crippen LogP contribution in [0.3, 0.4) is 0 Å². The second kappa shape index (κ2) is 7.84. The molecular weight excluding hydrogens is 258 g/mol. The first-order valence-corrected chi connectivity index (χ1v) is 6.98. The number of nitrogens with one attached hydrogen (secondary N) is 1. The first-order chi connectivity index (χ1) is 9.42. The van der Waals surface area contributed by atoms with Gasteiger partial charge in [-0.15, -0.1) is 0 Å². The van der Waals surface area contributed by atoms with Gasteiger partial charge in [0, 0.05) is 20.1 Å². The van der Waals surface area contributed by atoms with Crippen LogP contribution < -0.4 is 15.0 Å². The molecule has 2 N–H and O–H groups in total. The van der Waals surface area contributed by atoms with Gasteiger partial charge in [-0.25, -0.2) is 0 Å². The molecule has 0 bridgehead atoms. The number of ether oxygens (including phenoxy) is 1. The highest BCUT2D eigenvalue weighted by Crippen LogP contribution is 2.15. The van der Waals surface area contributed by atoms with Crippen molar-refractivity contribution in [2.45, 2.75) is 46.3 Å². The minimum Gasteiger partial charge on any atom is -0.461 e. The van der Waals surface area contributed by atoms with E-state index in [0.717, 1.165) is 6.54 Å². The van der Waals surface area contributed by atoms with E-state index in [-0.39, 0.29) is 12.2 Å². The Hall–Kier alpha value is -1.63. The van der Waals surface area contributed by atoms with E-state index in [1.54, 1.807) is 6.92 Å². The molecule has 1 rings (SSSR count). The molecule has 20 heavy (non-hydrogen) atoms. The van der Waals surface area contributed by atoms with Crippen molar-refractivity contribution < 1.29 is 9.84 Å². The minimum absolute atomic E-state index is 0.00231. The fourth-order valence-electron chi connectivity index (χ4n) is 1.50. The van der Waals surface area contributed by atoms with Crippen molar-refractivity contribution in [2.75, 3.05) is 30.4 Å². The molecule has 0 radical (unpaired) electrons. The van der Waals surface area contributed by atoms with Crippen molar-refractivity contribution >= 4 is 11.9 Å². The van der Waals surface area contributed by atoms with Gasteiger partial charge in [-0.05, 0) is 34.1 Å². The molecule has 1 unspecified atom stereocenters. The Bertz CT molecular complexity index is 412. The number of aliphatic hydroxyl groups is 1. The SMILES string of the molecule is CCNc1nc(OC(C)C)nc(N(C)CCC(C)O)n1. The fraction of sp³-hybridized carbons (Fsp3) is 0.769. The number of hydrogen-bond donors (Lipinski definition) is 2. The lowest BCUT2D eigenvalue weighted by molar-refractivity contribution is 0.186. The molecule has 0 aromatic carbocycles. The Balaban J connectivity index is 2.89. The number of aromatic nitrogens is 3. The summed E-state index contributed by atoms with van der Waals surface area (Å²) in [5, 5.41) is 12.4. The van der Waals surface area contributed by atoms with Crippen molar-refractivity contribution in [1.82, 2.24) is 15.0 Å². The quantitative estimate of drug-likeness (QED) is 0.744. The topological polar surface area (TPSA) is 83.4 Å². The zero-order valence-corrected chi connectivity index (χ0v) is 12.9. The van der Waals surface area contributed by atoms with E-state index in [2.05, 4.69) is 20.3 Å². The molecular formula is C13H25N5O2. The Morgan fingerprint density at radius 3 is 2.50 bits per heavy atom. The molecule has 0 spiro atoms. The minimum atomic E-state index is -0.348. The maximum Gasteiger partial charge on any atom is 0.323 e. The predicted molar refractivity (Wildman–Crippen MR) is 79.3 cm³/mol. The summed E-state index contributed by atoms with van der Waals surface area (Å²) < 4.78 is 5.54. The Labute approximate surface area is 120 Å². The van der Waals surface area contributed by atoms with Crippen LogP contribution in [0.25, 0.3) is 0 Å². The molecule has 7 nitrogen and oxygen atoms in total. The molecule has 114 valence electrons. The van der Waals surface area contributed by atoms with E-state index in [9.17, 15) is 5.11 Å². The maximum absolute atomic E-state index is 9.34. The van der Waals surface area contributed by atoms with Crippen molar-refractivity contribution in [3.63, 3.8) is 0 Å². The lowest BCUT2D eigenvalue weighted by atomic mass is 10.3. The van der Waals surface area contributed by atoms with E-state index in [0.29, 0.717) is 30.9 Å². The van der Waals surface area contributed by atoms with Crippen LogP contribution in [0.5, 0.6) is 6.01 Å². The number of rotatable bonds is 8. The third-order valence-electron chi connectivity index (χ3n) is 2.50. The van der Waals surface area contributed by atoms with Crippen molar-refractivity contribution in [2.24, 2.45) is 0 Å². The summed E-state index contributed by atoms with van der Waals surface area (Å²) >= 11 is 0. The Kier molecular flexibility index (Phi) is 6.44. The summed E-state index contributed by atoms with van der Waals surface area (Å²) in [6, 6.07) is 0.310. The van der Waals surface area contributed by atoms with Crippen LogP contribution in [0, 0.1) is 0 Å². The predicted octanol–water partition coefficient (Wildman–Crippen LogP) is 1.30. The van der Waals surface area contributed by atoms with Crippen LogP contribution >= 0.6 is 0 Å². The molecule has 7 heteroatoms. The molecule has 0 amide bonds. The van der Waals surface area contributed by atoms with E-state index in [1.807, 2.05) is 32.7 Å². The third-order valence-corrected chi connectivity index (χ3v) is 2.50. The molecule has 1 heterocycles. The standard InChI is InChI=1S/C13H25N5O2/c1-6-14-11-15-12(18(5)8-7-10(4)19)17-13(16-11)20-9(2)3/h9-10,19H,6-8H2,1-5H3,(H,14,15,16,17). The van der Waals surface area contributed by atoms with Crippen LogP contribution in [0.2, 0.25) is 0 Å². The fourth-order valence-corrected chi connectivity index (χ4v) is 1.50. The van der Waals surface area contributed by atoms with E-state index >= 15 is 0 Å². The molecule has 0 aliphatic carbocycles. The second-order valence-corrected chi connectivity index (χ2v) is 5.00. The Morgan fingerprint density at radius 1 is 1.25 bits per heavy atom. The van der Waals surface area contributed by atoms with Gasteiger partial charge in [-0.1, -0.05) is 0 Å². The lowest BCUT2D eigenvalue weighted by Gasteiger charge is -2.19. The molecule has 0 aliphatic heterocycles. The highest BCUT2D eigenvalue weighted by Gasteiger charge is 2.12. The van der Waals surface area contributed by atoms with E-state index in [1.165, 1.54) is 0 Å². The monoisotopic (exact) mass is 283 g/mol. The maximum atomic E-state index is 9.34. The summed E-state index contributed by atoms with van der Waals surface area (Å²) in [4.78, 5) is 14.7. The molecule has 0 saturated carbocycles. The van der Waals surface area contributed by atoms with Gasteiger partial charge in [-0.3, -0.25) is 0 Å². The summed E-state index contributed by atoms with van der Waals surface area (Å²) in [6.45, 7) is 8.97. The molecule has 0 fully saturated rings. The summed E-state index contributed by atoms with van der Waals surface area (Å²) in [5.41, 5.74) is 0. The zero-order valence-electron chi connectivity index (χ0n) is 12.9. The number of anilines is 2. The van der Waals surface area contributed by atoms with Crippen molar-refractivity contribution in [1.29, 1.82) is 0 Å². The van der Waals surface area contributed by atoms with E-state index in [4.69, 9.17) is 4.74 Å². The number of nitrogens with zero attached hydrogens (tertiary/aromatic N) is 4. The second-order valence-electron chi connectivity index (χ2n) is 5.00. The number of hydrogen-bond acceptors (Lipinski definition) is 7. The first kappa shape index (κ1) is 16.4. The van der Waals surface area contributed by atoms with Gasteiger partial charge in [-0.2, -0.15) is 15.0 Å². The highest BCUT2D eigenvalue weighted by atomic mass is 16.5. The van der Waals surface area contributed by atoms with Crippen LogP contribution in [0.15, 0.2) is 0 Å². The van der Waals surface area contributed by atoms with Crippen LogP contribution in [-0.2, 0) is 0 Å². The van der Waals surface area contributed by atoms with Gasteiger partial charge < -0.3 is 20.1 Å². The van der Waals surface area contributed by atoms with E-state index < -0.39 is 0 Å². The zero-order chi connectivity index (χ0) is 15.1. The smallest absolute Gasteiger partial charge is 0.323 e. The van der Waals surface area contributed by atoms with Gasteiger partial charge in [0.25, 0.3) is 0 Å². The molecule has 1 aromatic heterocycles. The largest absolute Gasteiger partial charge is 0.461 e. The van der Waals surface area contributed by atoms with Gasteiger partial charge in [0.2, 0.25) is 11.9 Å². The molecule has 0 saturated heterocycles. The average molecular weight is 283 g/mol. The lowest BCUT2D eigenvalue weighted by Crippen LogP contribution is -2.25. The average Bonchev–Trinajstić information content (AvgIpc) is 2.35.